The van der Waals surface area contributed by atoms with Crippen LogP contribution in [0.3, 0.4) is 0 Å². The third kappa shape index (κ3) is 5.47. The van der Waals surface area contributed by atoms with Crippen molar-refractivity contribution in [1.82, 2.24) is 4.57 Å². The van der Waals surface area contributed by atoms with Crippen LogP contribution < -0.4 is 9.52 Å². The molecule has 1 heterocycles. The van der Waals surface area contributed by atoms with Crippen molar-refractivity contribution < 1.29 is 27.1 Å². The zero-order valence-corrected chi connectivity index (χ0v) is 20.3. The van der Waals surface area contributed by atoms with Crippen LogP contribution in [-0.2, 0) is 26.1 Å². The summed E-state index contributed by atoms with van der Waals surface area (Å²) >= 11 is 1.25. The van der Waals surface area contributed by atoms with E-state index in [9.17, 15) is 22.4 Å². The van der Waals surface area contributed by atoms with E-state index in [1.165, 1.54) is 42.7 Å². The van der Waals surface area contributed by atoms with Gasteiger partial charge >= 0.3 is 5.97 Å². The molecule has 11 heteroatoms. The number of aromatic nitrogens is 1. The zero-order chi connectivity index (χ0) is 25.2. The van der Waals surface area contributed by atoms with Crippen LogP contribution in [0.2, 0.25) is 0 Å². The first-order valence-electron chi connectivity index (χ1n) is 10.3. The molecule has 3 aromatic carbocycles. The van der Waals surface area contributed by atoms with Gasteiger partial charge in [0.25, 0.3) is 15.9 Å². The van der Waals surface area contributed by atoms with Crippen molar-refractivity contribution in [2.75, 3.05) is 11.8 Å². The zero-order valence-electron chi connectivity index (χ0n) is 18.7. The summed E-state index contributed by atoms with van der Waals surface area (Å²) in [6.45, 7) is 1.81. The maximum atomic E-state index is 13.1. The SMILES string of the molecule is COC(=O)Cn1c(=NC(=O)c2cccc(NS(=O)(=O)c3ccc(F)cc3)c2)sc2cc(C)ccc21. The van der Waals surface area contributed by atoms with Crippen molar-refractivity contribution >= 4 is 49.1 Å². The first kappa shape index (κ1) is 24.3. The molecule has 0 radical (unpaired) electrons. The van der Waals surface area contributed by atoms with E-state index in [0.29, 0.717) is 4.80 Å². The van der Waals surface area contributed by atoms with Gasteiger partial charge < -0.3 is 9.30 Å². The van der Waals surface area contributed by atoms with Crippen molar-refractivity contribution in [3.63, 3.8) is 0 Å². The molecule has 1 amide bonds. The normalized spacial score (nSPS) is 12.0. The van der Waals surface area contributed by atoms with Crippen molar-refractivity contribution in [1.29, 1.82) is 0 Å². The molecule has 180 valence electrons. The molecule has 0 saturated carbocycles. The predicted octanol–water partition coefficient (Wildman–Crippen LogP) is 3.87. The number of carbonyl (C=O) groups is 2. The molecule has 1 aromatic heterocycles. The van der Waals surface area contributed by atoms with E-state index in [0.717, 1.165) is 40.0 Å². The van der Waals surface area contributed by atoms with Crippen LogP contribution in [0.1, 0.15) is 15.9 Å². The first-order valence-corrected chi connectivity index (χ1v) is 12.6. The molecule has 0 aliphatic heterocycles. The Bertz CT molecular complexity index is 1610. The number of hydrogen-bond acceptors (Lipinski definition) is 6. The highest BCUT2D eigenvalue weighted by molar-refractivity contribution is 7.92. The van der Waals surface area contributed by atoms with Crippen molar-refractivity contribution in [3.8, 4) is 0 Å². The number of amides is 1. The molecule has 4 rings (SSSR count). The van der Waals surface area contributed by atoms with Gasteiger partial charge in [0.05, 0.1) is 22.2 Å². The second-order valence-electron chi connectivity index (χ2n) is 7.58. The number of aryl methyl sites for hydroxylation is 1. The van der Waals surface area contributed by atoms with E-state index in [1.54, 1.807) is 4.57 Å². The second kappa shape index (κ2) is 9.80. The lowest BCUT2D eigenvalue weighted by Gasteiger charge is -2.09. The number of rotatable bonds is 6. The third-order valence-electron chi connectivity index (χ3n) is 5.04. The van der Waals surface area contributed by atoms with E-state index in [1.807, 2.05) is 25.1 Å². The van der Waals surface area contributed by atoms with E-state index in [-0.39, 0.29) is 22.7 Å². The molecule has 0 spiro atoms. The molecule has 0 bridgehead atoms. The Morgan fingerprint density at radius 1 is 1.09 bits per heavy atom. The summed E-state index contributed by atoms with van der Waals surface area (Å²) in [4.78, 5) is 29.3. The van der Waals surface area contributed by atoms with Gasteiger partial charge in [-0.25, -0.2) is 12.8 Å². The van der Waals surface area contributed by atoms with E-state index in [4.69, 9.17) is 4.74 Å². The number of thiazole rings is 1. The average molecular weight is 514 g/mol. The number of fused-ring (bicyclic) bond motifs is 1. The molecule has 0 aliphatic rings. The van der Waals surface area contributed by atoms with Gasteiger partial charge in [0.15, 0.2) is 4.80 Å². The van der Waals surface area contributed by atoms with Crippen LogP contribution in [0.5, 0.6) is 0 Å². The summed E-state index contributed by atoms with van der Waals surface area (Å²) in [6, 6.07) is 15.9. The Labute approximate surface area is 204 Å². The van der Waals surface area contributed by atoms with Gasteiger partial charge in [0.1, 0.15) is 12.4 Å². The number of ether oxygens (including phenoxy) is 1. The predicted molar refractivity (Wildman–Crippen MR) is 130 cm³/mol. The summed E-state index contributed by atoms with van der Waals surface area (Å²) in [5.74, 6) is -1.66. The topological polar surface area (TPSA) is 107 Å². The molecule has 4 aromatic rings. The van der Waals surface area contributed by atoms with Gasteiger partial charge in [-0.05, 0) is 67.1 Å². The highest BCUT2D eigenvalue weighted by Crippen LogP contribution is 2.20. The van der Waals surface area contributed by atoms with Gasteiger partial charge in [-0.15, -0.1) is 0 Å². The monoisotopic (exact) mass is 513 g/mol. The number of esters is 1. The molecular formula is C24H20FN3O5S2. The fourth-order valence-electron chi connectivity index (χ4n) is 3.31. The first-order chi connectivity index (χ1) is 16.7. The molecule has 0 atom stereocenters. The summed E-state index contributed by atoms with van der Waals surface area (Å²) in [5.41, 5.74) is 2.04. The van der Waals surface area contributed by atoms with Crippen LogP contribution in [0.4, 0.5) is 10.1 Å². The van der Waals surface area contributed by atoms with Crippen molar-refractivity contribution in [2.45, 2.75) is 18.4 Å². The van der Waals surface area contributed by atoms with Crippen LogP contribution in [0.15, 0.2) is 76.6 Å². The Morgan fingerprint density at radius 3 is 2.54 bits per heavy atom. The van der Waals surface area contributed by atoms with Gasteiger partial charge in [0.2, 0.25) is 0 Å². The van der Waals surface area contributed by atoms with E-state index < -0.39 is 27.7 Å². The van der Waals surface area contributed by atoms with Crippen LogP contribution >= 0.6 is 11.3 Å². The molecule has 0 unspecified atom stereocenters. The molecule has 1 N–H and O–H groups in total. The van der Waals surface area contributed by atoms with Crippen LogP contribution in [0, 0.1) is 12.7 Å². The minimum atomic E-state index is -3.99. The smallest absolute Gasteiger partial charge is 0.325 e. The Kier molecular flexibility index (Phi) is 6.81. The quantitative estimate of drug-likeness (QED) is 0.394. The average Bonchev–Trinajstić information content (AvgIpc) is 3.14. The van der Waals surface area contributed by atoms with E-state index in [2.05, 4.69) is 9.71 Å². The number of carbonyl (C=O) groups excluding carboxylic acids is 2. The van der Waals surface area contributed by atoms with Gasteiger partial charge in [-0.2, -0.15) is 4.99 Å². The highest BCUT2D eigenvalue weighted by Gasteiger charge is 2.16. The lowest BCUT2D eigenvalue weighted by atomic mass is 10.2. The highest BCUT2D eigenvalue weighted by atomic mass is 32.2. The number of hydrogen-bond donors (Lipinski definition) is 1. The summed E-state index contributed by atoms with van der Waals surface area (Å²) in [7, 11) is -2.71. The van der Waals surface area contributed by atoms with Crippen molar-refractivity contribution in [2.24, 2.45) is 4.99 Å². The van der Waals surface area contributed by atoms with Crippen LogP contribution in [0.25, 0.3) is 10.2 Å². The van der Waals surface area contributed by atoms with Gasteiger partial charge in [-0.1, -0.05) is 23.5 Å². The maximum absolute atomic E-state index is 13.1. The minimum absolute atomic E-state index is 0.121. The fraction of sp³-hybridized carbons (Fsp3) is 0.125. The van der Waals surface area contributed by atoms with E-state index >= 15 is 0 Å². The number of benzene rings is 3. The summed E-state index contributed by atoms with van der Waals surface area (Å²) in [5, 5.41) is 0. The molecule has 35 heavy (non-hydrogen) atoms. The number of nitrogens with one attached hydrogen (secondary N) is 1. The standard InChI is InChI=1S/C24H20FN3O5S2/c1-15-6-11-20-21(12-15)34-24(28(20)14-22(29)33-2)26-23(30)16-4-3-5-18(13-16)27-35(31,32)19-9-7-17(25)8-10-19/h3-13,27H,14H2,1-2H3. The maximum Gasteiger partial charge on any atom is 0.325 e. The minimum Gasteiger partial charge on any atom is -0.468 e. The third-order valence-corrected chi connectivity index (χ3v) is 7.47. The molecule has 0 fully saturated rings. The second-order valence-corrected chi connectivity index (χ2v) is 10.3. The van der Waals surface area contributed by atoms with Crippen molar-refractivity contribution in [3.05, 3.63) is 88.5 Å². The molecular weight excluding hydrogens is 493 g/mol. The number of anilines is 1. The summed E-state index contributed by atoms with van der Waals surface area (Å²) in [6.07, 6.45) is 0. The number of nitrogens with zero attached hydrogens (tertiary/aromatic N) is 2. The Balaban J connectivity index is 1.68. The lowest BCUT2D eigenvalue weighted by molar-refractivity contribution is -0.141. The molecule has 8 nitrogen and oxygen atoms in total. The van der Waals surface area contributed by atoms with Gasteiger partial charge in [-0.3, -0.25) is 14.3 Å². The van der Waals surface area contributed by atoms with Crippen LogP contribution in [-0.4, -0.2) is 32.0 Å². The number of halogens is 1. The molecule has 0 saturated heterocycles. The fourth-order valence-corrected chi connectivity index (χ4v) is 5.48. The number of methoxy groups -OCH3 is 1. The lowest BCUT2D eigenvalue weighted by Crippen LogP contribution is -2.22. The number of sulfonamides is 1. The molecule has 0 aliphatic carbocycles. The Morgan fingerprint density at radius 2 is 1.83 bits per heavy atom. The van der Waals surface area contributed by atoms with Gasteiger partial charge in [0, 0.05) is 11.3 Å². The summed E-state index contributed by atoms with van der Waals surface area (Å²) < 4.78 is 47.9. The Hall–Kier alpha value is -3.83. The largest absolute Gasteiger partial charge is 0.468 e.